The second kappa shape index (κ2) is 7.05. The van der Waals surface area contributed by atoms with E-state index in [1.54, 1.807) is 0 Å². The molecule has 2 aromatic carbocycles. The Bertz CT molecular complexity index is 1290. The Hall–Kier alpha value is -3.94. The molecule has 0 saturated carbocycles. The van der Waals surface area contributed by atoms with Crippen molar-refractivity contribution in [3.05, 3.63) is 69.9 Å². The second-order valence-corrected chi connectivity index (χ2v) is 8.02. The zero-order valence-corrected chi connectivity index (χ0v) is 17.8. The van der Waals surface area contributed by atoms with Crippen LogP contribution in [0.15, 0.2) is 47.4 Å². The summed E-state index contributed by atoms with van der Waals surface area (Å²) in [7, 11) is 0. The zero-order valence-electron chi connectivity index (χ0n) is 17.8. The fraction of sp³-hybridized carbons (Fsp3) is 0.208. The number of fused-ring (bicyclic) bond motifs is 3. The van der Waals surface area contributed by atoms with Crippen molar-refractivity contribution < 1.29 is 33.7 Å². The Morgan fingerprint density at radius 3 is 2.31 bits per heavy atom. The average molecular weight is 437 g/mol. The third-order valence-corrected chi connectivity index (χ3v) is 5.94. The van der Waals surface area contributed by atoms with E-state index in [1.165, 1.54) is 52.0 Å². The van der Waals surface area contributed by atoms with Crippen LogP contribution in [-0.2, 0) is 15.0 Å². The highest BCUT2D eigenvalue weighted by atomic mass is 19.1. The molecule has 2 aromatic rings. The number of hydrogen-bond donors (Lipinski definition) is 3. The number of carbonyl (C=O) groups excluding carboxylic acids is 3. The summed E-state index contributed by atoms with van der Waals surface area (Å²) in [5, 5.41) is 24.1. The summed E-state index contributed by atoms with van der Waals surface area (Å²) in [6.45, 7) is 5.67. The minimum Gasteiger partial charge on any atom is -0.507 e. The molecule has 1 unspecified atom stereocenters. The van der Waals surface area contributed by atoms with Crippen LogP contribution < -0.4 is 10.1 Å². The van der Waals surface area contributed by atoms with E-state index in [2.05, 4.69) is 5.32 Å². The van der Waals surface area contributed by atoms with E-state index >= 15 is 0 Å². The Balaban J connectivity index is 1.91. The van der Waals surface area contributed by atoms with Gasteiger partial charge in [-0.15, -0.1) is 0 Å². The SMILES string of the molecule is CC(=O)c1c(O)c(C)c(O)c2c1OC1=CC(=O)/C(=C(/C)Nc3ccc(F)cc3)C(=O)C12C. The number of Topliss-reactive ketones (excluding diaryl/α,β-unsaturated/α-hetero) is 2. The van der Waals surface area contributed by atoms with E-state index in [0.29, 0.717) is 5.69 Å². The highest BCUT2D eigenvalue weighted by molar-refractivity contribution is 6.31. The van der Waals surface area contributed by atoms with Gasteiger partial charge >= 0.3 is 0 Å². The van der Waals surface area contributed by atoms with E-state index in [0.717, 1.165) is 6.08 Å². The van der Waals surface area contributed by atoms with Gasteiger partial charge in [0, 0.05) is 23.0 Å². The Kier molecular flexibility index (Phi) is 4.69. The standard InChI is InChI=1S/C24H20FNO6/c1-10-20(29)18(12(3)27)22-19(21(10)30)24(4)16(32-22)9-15(28)17(23(24)31)11(2)26-14-7-5-13(25)6-8-14/h5-9,26,29-30H,1-4H3/b17-11+. The Labute approximate surface area is 182 Å². The number of nitrogens with one attached hydrogen (secondary N) is 1. The molecule has 3 N–H and O–H groups in total. The predicted molar refractivity (Wildman–Crippen MR) is 113 cm³/mol. The lowest BCUT2D eigenvalue weighted by molar-refractivity contribution is -0.123. The van der Waals surface area contributed by atoms with Crippen LogP contribution in [0.2, 0.25) is 0 Å². The molecule has 0 spiro atoms. The van der Waals surface area contributed by atoms with Crippen molar-refractivity contribution in [2.45, 2.75) is 33.1 Å². The number of phenols is 2. The summed E-state index contributed by atoms with van der Waals surface area (Å²) in [6.07, 6.45) is 1.14. The number of halogens is 1. The number of benzene rings is 2. The van der Waals surface area contributed by atoms with Gasteiger partial charge in [-0.1, -0.05) is 0 Å². The van der Waals surface area contributed by atoms with Gasteiger partial charge in [0.15, 0.2) is 17.3 Å². The second-order valence-electron chi connectivity index (χ2n) is 8.02. The van der Waals surface area contributed by atoms with Crippen molar-refractivity contribution in [2.24, 2.45) is 0 Å². The maximum absolute atomic E-state index is 13.7. The van der Waals surface area contributed by atoms with Crippen LogP contribution >= 0.6 is 0 Å². The molecular formula is C24H20FNO6. The van der Waals surface area contributed by atoms with Crippen LogP contribution in [0.4, 0.5) is 10.1 Å². The largest absolute Gasteiger partial charge is 0.507 e. The van der Waals surface area contributed by atoms with Gasteiger partial charge in [-0.25, -0.2) is 4.39 Å². The van der Waals surface area contributed by atoms with Gasteiger partial charge in [-0.05, 0) is 52.0 Å². The van der Waals surface area contributed by atoms with Crippen molar-refractivity contribution in [1.29, 1.82) is 0 Å². The maximum atomic E-state index is 13.7. The highest BCUT2D eigenvalue weighted by Crippen LogP contribution is 2.57. The zero-order chi connectivity index (χ0) is 23.5. The quantitative estimate of drug-likeness (QED) is 0.380. The van der Waals surface area contributed by atoms with Gasteiger partial charge < -0.3 is 20.3 Å². The van der Waals surface area contributed by atoms with Gasteiger partial charge in [0.05, 0.1) is 11.1 Å². The summed E-state index contributed by atoms with van der Waals surface area (Å²) < 4.78 is 18.9. The third kappa shape index (κ3) is 2.83. The third-order valence-electron chi connectivity index (χ3n) is 5.94. The molecule has 0 aromatic heterocycles. The molecule has 32 heavy (non-hydrogen) atoms. The van der Waals surface area contributed by atoms with Crippen LogP contribution in [-0.4, -0.2) is 27.6 Å². The molecule has 2 aliphatic rings. The molecule has 8 heteroatoms. The van der Waals surface area contributed by atoms with E-state index < -0.39 is 34.3 Å². The van der Waals surface area contributed by atoms with Crippen LogP contribution in [0.3, 0.4) is 0 Å². The number of anilines is 1. The van der Waals surface area contributed by atoms with E-state index in [9.17, 15) is 29.0 Å². The smallest absolute Gasteiger partial charge is 0.194 e. The van der Waals surface area contributed by atoms with E-state index in [1.807, 2.05) is 0 Å². The minimum absolute atomic E-state index is 0.0221. The molecule has 4 rings (SSSR count). The first-order valence-corrected chi connectivity index (χ1v) is 9.81. The fourth-order valence-electron chi connectivity index (χ4n) is 4.17. The number of allylic oxidation sites excluding steroid dienone is 4. The van der Waals surface area contributed by atoms with Gasteiger partial charge in [0.25, 0.3) is 0 Å². The summed E-state index contributed by atoms with van der Waals surface area (Å²) in [6, 6.07) is 5.40. The first-order valence-electron chi connectivity index (χ1n) is 9.81. The monoisotopic (exact) mass is 437 g/mol. The van der Waals surface area contributed by atoms with Crippen LogP contribution in [0.5, 0.6) is 17.2 Å². The molecule has 0 radical (unpaired) electrons. The lowest BCUT2D eigenvalue weighted by Crippen LogP contribution is -2.40. The minimum atomic E-state index is -1.59. The lowest BCUT2D eigenvalue weighted by Gasteiger charge is -2.29. The van der Waals surface area contributed by atoms with Gasteiger partial charge in [0.1, 0.15) is 39.8 Å². The van der Waals surface area contributed by atoms with Crippen LogP contribution in [0.25, 0.3) is 0 Å². The number of aromatic hydroxyl groups is 2. The molecule has 164 valence electrons. The molecule has 1 atom stereocenters. The molecule has 0 bridgehead atoms. The number of rotatable bonds is 3. The fourth-order valence-corrected chi connectivity index (χ4v) is 4.17. The van der Waals surface area contributed by atoms with Gasteiger partial charge in [-0.3, -0.25) is 14.4 Å². The molecule has 1 heterocycles. The van der Waals surface area contributed by atoms with Crippen molar-refractivity contribution >= 4 is 23.0 Å². The molecule has 0 amide bonds. The summed E-state index contributed by atoms with van der Waals surface area (Å²) in [4.78, 5) is 38.7. The van der Waals surface area contributed by atoms with Gasteiger partial charge in [-0.2, -0.15) is 0 Å². The van der Waals surface area contributed by atoms with Crippen LogP contribution in [0.1, 0.15) is 42.3 Å². The number of phenolic OH excluding ortho intramolecular Hbond substituents is 2. The normalized spacial score (nSPS) is 20.8. The van der Waals surface area contributed by atoms with E-state index in [4.69, 9.17) is 4.74 Å². The molecule has 0 fully saturated rings. The molecule has 7 nitrogen and oxygen atoms in total. The average Bonchev–Trinajstić information content (AvgIpc) is 3.01. The number of ether oxygens (including phenoxy) is 1. The number of ketones is 3. The van der Waals surface area contributed by atoms with Crippen molar-refractivity contribution in [3.63, 3.8) is 0 Å². The topological polar surface area (TPSA) is 113 Å². The molecule has 1 aliphatic heterocycles. The van der Waals surface area contributed by atoms with Crippen LogP contribution in [0, 0.1) is 12.7 Å². The lowest BCUT2D eigenvalue weighted by atomic mass is 9.70. The summed E-state index contributed by atoms with van der Waals surface area (Å²) >= 11 is 0. The van der Waals surface area contributed by atoms with Crippen molar-refractivity contribution in [1.82, 2.24) is 0 Å². The molecule has 1 aliphatic carbocycles. The predicted octanol–water partition coefficient (Wildman–Crippen LogP) is 3.82. The highest BCUT2D eigenvalue weighted by Gasteiger charge is 2.56. The van der Waals surface area contributed by atoms with Crippen molar-refractivity contribution in [2.75, 3.05) is 5.32 Å². The Morgan fingerprint density at radius 1 is 1.09 bits per heavy atom. The molecule has 0 saturated heterocycles. The first-order chi connectivity index (χ1) is 15.0. The summed E-state index contributed by atoms with van der Waals surface area (Å²) in [5.41, 5.74) is -1.16. The van der Waals surface area contributed by atoms with Gasteiger partial charge in [0.2, 0.25) is 0 Å². The Morgan fingerprint density at radius 2 is 1.72 bits per heavy atom. The summed E-state index contributed by atoms with van der Waals surface area (Å²) in [5.74, 6) is -3.22. The van der Waals surface area contributed by atoms with E-state index in [-0.39, 0.29) is 45.2 Å². The molecular weight excluding hydrogens is 417 g/mol. The first kappa shape index (κ1) is 21.3. The maximum Gasteiger partial charge on any atom is 0.194 e. The van der Waals surface area contributed by atoms with Crippen molar-refractivity contribution in [3.8, 4) is 17.2 Å². The number of carbonyl (C=O) groups is 3. The number of hydrogen-bond acceptors (Lipinski definition) is 7.